The number of ether oxygens (including phenoxy) is 1. The Bertz CT molecular complexity index is 1210. The molecule has 4 aromatic rings. The first-order valence-electron chi connectivity index (χ1n) is 11.2. The maximum Gasteiger partial charge on any atom is 0.278 e. The van der Waals surface area contributed by atoms with Crippen molar-refractivity contribution >= 4 is 11.8 Å². The third kappa shape index (κ3) is 5.34. The molecule has 4 rings (SSSR count). The Morgan fingerprint density at radius 1 is 1.06 bits per heavy atom. The van der Waals surface area contributed by atoms with E-state index in [2.05, 4.69) is 67.4 Å². The van der Waals surface area contributed by atoms with Gasteiger partial charge in [-0.3, -0.25) is 0 Å². The Morgan fingerprint density at radius 2 is 1.88 bits per heavy atom. The maximum absolute atomic E-state index is 5.63. The number of nitrogens with one attached hydrogen (secondary N) is 1. The number of nitrogen functional groups attached to an aromatic ring is 1. The van der Waals surface area contributed by atoms with Gasteiger partial charge in [0.25, 0.3) is 5.89 Å². The molecule has 10 heteroatoms. The summed E-state index contributed by atoms with van der Waals surface area (Å²) in [6.45, 7) is 5.47. The second-order valence-corrected chi connectivity index (χ2v) is 7.88. The largest absolute Gasteiger partial charge is 0.383 e. The summed E-state index contributed by atoms with van der Waals surface area (Å²) in [5, 5.41) is 7.35. The van der Waals surface area contributed by atoms with Crippen molar-refractivity contribution in [2.45, 2.75) is 32.6 Å². The summed E-state index contributed by atoms with van der Waals surface area (Å²) < 4.78 is 10.5. The second kappa shape index (κ2) is 10.8. The number of aryl methyl sites for hydroxylation is 1. The lowest BCUT2D eigenvalue weighted by Gasteiger charge is -2.15. The maximum atomic E-state index is 5.63. The van der Waals surface area contributed by atoms with E-state index < -0.39 is 0 Å². The van der Waals surface area contributed by atoms with Gasteiger partial charge in [-0.05, 0) is 23.1 Å². The third-order valence-electron chi connectivity index (χ3n) is 5.45. The van der Waals surface area contributed by atoms with Gasteiger partial charge in [-0.2, -0.15) is 4.98 Å². The molecule has 0 saturated heterocycles. The number of methoxy groups -OCH3 is 1. The van der Waals surface area contributed by atoms with E-state index in [-0.39, 0.29) is 11.9 Å². The predicted molar refractivity (Wildman–Crippen MR) is 129 cm³/mol. The standard InChI is InChI=1S/C24H28N8O2/c1-4-5-17-10-16(18-11-29-24(25)30-12-18)6-7-19(17)15(2)22-31-23(34-32-22)20-13-28-21(14-27-20)26-8-9-33-3/h6-7,10-15H,4-5,8-9H2,1-3H3,(H,26,28)(H2,25,29,30). The van der Waals surface area contributed by atoms with Crippen LogP contribution in [0.5, 0.6) is 0 Å². The van der Waals surface area contributed by atoms with Crippen LogP contribution in [0.25, 0.3) is 22.7 Å². The fraction of sp³-hybridized carbons (Fsp3) is 0.333. The molecule has 0 aliphatic carbocycles. The highest BCUT2D eigenvalue weighted by atomic mass is 16.5. The van der Waals surface area contributed by atoms with Gasteiger partial charge in [0.1, 0.15) is 11.5 Å². The topological polar surface area (TPSA) is 138 Å². The van der Waals surface area contributed by atoms with Gasteiger partial charge in [0.05, 0.1) is 19.0 Å². The summed E-state index contributed by atoms with van der Waals surface area (Å²) in [4.78, 5) is 21.5. The van der Waals surface area contributed by atoms with E-state index in [1.807, 2.05) is 0 Å². The van der Waals surface area contributed by atoms with Crippen LogP contribution in [0.15, 0.2) is 47.5 Å². The van der Waals surface area contributed by atoms with E-state index in [0.717, 1.165) is 29.5 Å². The summed E-state index contributed by atoms with van der Waals surface area (Å²) in [6.07, 6.45) is 8.67. The number of hydrogen-bond acceptors (Lipinski definition) is 10. The molecule has 0 spiro atoms. The van der Waals surface area contributed by atoms with Crippen LogP contribution in [0, 0.1) is 0 Å². The fourth-order valence-electron chi connectivity index (χ4n) is 3.65. The van der Waals surface area contributed by atoms with E-state index in [0.29, 0.717) is 36.4 Å². The normalized spacial score (nSPS) is 12.0. The number of aromatic nitrogens is 6. The predicted octanol–water partition coefficient (Wildman–Crippen LogP) is 3.73. The van der Waals surface area contributed by atoms with Crippen LogP contribution in [-0.4, -0.2) is 50.3 Å². The van der Waals surface area contributed by atoms with Crippen LogP contribution >= 0.6 is 0 Å². The average molecular weight is 461 g/mol. The molecule has 176 valence electrons. The van der Waals surface area contributed by atoms with Gasteiger partial charge in [-0.15, -0.1) is 0 Å². The van der Waals surface area contributed by atoms with Crippen LogP contribution in [-0.2, 0) is 11.2 Å². The van der Waals surface area contributed by atoms with Gasteiger partial charge < -0.3 is 20.3 Å². The Hall–Kier alpha value is -3.92. The van der Waals surface area contributed by atoms with Gasteiger partial charge in [-0.1, -0.05) is 43.6 Å². The lowest BCUT2D eigenvalue weighted by Crippen LogP contribution is -2.09. The highest BCUT2D eigenvalue weighted by Crippen LogP contribution is 2.31. The lowest BCUT2D eigenvalue weighted by atomic mass is 9.90. The van der Waals surface area contributed by atoms with Gasteiger partial charge in [0.2, 0.25) is 5.95 Å². The Labute approximate surface area is 198 Å². The zero-order valence-electron chi connectivity index (χ0n) is 19.5. The molecule has 0 bridgehead atoms. The summed E-state index contributed by atoms with van der Waals surface area (Å²) >= 11 is 0. The van der Waals surface area contributed by atoms with Crippen molar-refractivity contribution in [1.29, 1.82) is 0 Å². The number of hydrogen-bond donors (Lipinski definition) is 2. The molecule has 3 heterocycles. The molecule has 0 aliphatic heterocycles. The minimum Gasteiger partial charge on any atom is -0.383 e. The molecule has 0 saturated carbocycles. The molecular weight excluding hydrogens is 432 g/mol. The molecule has 0 radical (unpaired) electrons. The van der Waals surface area contributed by atoms with Gasteiger partial charge >= 0.3 is 0 Å². The molecule has 1 unspecified atom stereocenters. The van der Waals surface area contributed by atoms with E-state index in [4.69, 9.17) is 15.0 Å². The smallest absolute Gasteiger partial charge is 0.278 e. The number of nitrogens with zero attached hydrogens (tertiary/aromatic N) is 6. The van der Waals surface area contributed by atoms with E-state index in [1.54, 1.807) is 31.9 Å². The minimum absolute atomic E-state index is 0.0567. The van der Waals surface area contributed by atoms with E-state index in [9.17, 15) is 0 Å². The van der Waals surface area contributed by atoms with Crippen molar-refractivity contribution in [1.82, 2.24) is 30.1 Å². The van der Waals surface area contributed by atoms with Crippen molar-refractivity contribution in [3.8, 4) is 22.7 Å². The van der Waals surface area contributed by atoms with Crippen LogP contribution in [0.2, 0.25) is 0 Å². The number of benzene rings is 1. The van der Waals surface area contributed by atoms with Gasteiger partial charge in [0, 0.05) is 37.5 Å². The molecular formula is C24H28N8O2. The van der Waals surface area contributed by atoms with Crippen molar-refractivity contribution in [2.24, 2.45) is 0 Å². The van der Waals surface area contributed by atoms with E-state index in [1.165, 1.54) is 5.56 Å². The van der Waals surface area contributed by atoms with Gasteiger partial charge in [-0.25, -0.2) is 19.9 Å². The summed E-state index contributed by atoms with van der Waals surface area (Å²) in [6, 6.07) is 6.34. The zero-order chi connectivity index (χ0) is 23.9. The Balaban J connectivity index is 1.54. The zero-order valence-corrected chi connectivity index (χ0v) is 19.5. The van der Waals surface area contributed by atoms with Crippen LogP contribution in [0.3, 0.4) is 0 Å². The summed E-state index contributed by atoms with van der Waals surface area (Å²) in [5.41, 5.74) is 10.5. The first-order chi connectivity index (χ1) is 16.6. The number of anilines is 2. The summed E-state index contributed by atoms with van der Waals surface area (Å²) in [5.74, 6) is 1.80. The molecule has 1 aromatic carbocycles. The molecule has 0 fully saturated rings. The molecule has 0 aliphatic rings. The molecule has 1 atom stereocenters. The number of nitrogens with two attached hydrogens (primary N) is 1. The third-order valence-corrected chi connectivity index (χ3v) is 5.45. The number of rotatable bonds is 10. The average Bonchev–Trinajstić information content (AvgIpc) is 3.35. The molecule has 34 heavy (non-hydrogen) atoms. The van der Waals surface area contributed by atoms with Crippen molar-refractivity contribution in [3.05, 3.63) is 59.9 Å². The summed E-state index contributed by atoms with van der Waals surface area (Å²) in [7, 11) is 1.65. The quantitative estimate of drug-likeness (QED) is 0.337. The monoisotopic (exact) mass is 460 g/mol. The lowest BCUT2D eigenvalue weighted by molar-refractivity contribution is 0.210. The molecule has 3 aromatic heterocycles. The van der Waals surface area contributed by atoms with Crippen LogP contribution < -0.4 is 11.1 Å². The highest BCUT2D eigenvalue weighted by Gasteiger charge is 2.20. The van der Waals surface area contributed by atoms with Crippen molar-refractivity contribution in [2.75, 3.05) is 31.3 Å². The Kier molecular flexibility index (Phi) is 7.38. The molecule has 3 N–H and O–H groups in total. The first kappa shape index (κ1) is 23.2. The minimum atomic E-state index is -0.0567. The van der Waals surface area contributed by atoms with Gasteiger partial charge in [0.15, 0.2) is 5.82 Å². The van der Waals surface area contributed by atoms with Crippen molar-refractivity contribution < 1.29 is 9.26 Å². The van der Waals surface area contributed by atoms with Crippen LogP contribution in [0.4, 0.5) is 11.8 Å². The SMILES string of the molecule is CCCc1cc(-c2cnc(N)nc2)ccc1C(C)c1noc(-c2cnc(NCCOC)cn2)n1. The van der Waals surface area contributed by atoms with E-state index >= 15 is 0 Å². The molecule has 0 amide bonds. The molecule has 10 nitrogen and oxygen atoms in total. The second-order valence-electron chi connectivity index (χ2n) is 7.88. The fourth-order valence-corrected chi connectivity index (χ4v) is 3.65. The van der Waals surface area contributed by atoms with Crippen molar-refractivity contribution in [3.63, 3.8) is 0 Å². The first-order valence-corrected chi connectivity index (χ1v) is 11.2. The highest BCUT2D eigenvalue weighted by molar-refractivity contribution is 5.64. The van der Waals surface area contributed by atoms with Crippen LogP contribution in [0.1, 0.15) is 43.1 Å². The Morgan fingerprint density at radius 3 is 2.59 bits per heavy atom.